The van der Waals surface area contributed by atoms with Crippen LogP contribution in [-0.4, -0.2) is 26.8 Å². The first-order valence-electron chi connectivity index (χ1n) is 11.8. The van der Waals surface area contributed by atoms with Crippen molar-refractivity contribution in [3.8, 4) is 0 Å². The van der Waals surface area contributed by atoms with Gasteiger partial charge in [0, 0.05) is 0 Å². The van der Waals surface area contributed by atoms with Crippen molar-refractivity contribution in [1.82, 2.24) is 5.32 Å². The highest BCUT2D eigenvalue weighted by molar-refractivity contribution is 7.92. The number of halogens is 1. The minimum absolute atomic E-state index is 0.0161. The number of amides is 2. The summed E-state index contributed by atoms with van der Waals surface area (Å²) in [6.45, 7) is 1.31. The summed E-state index contributed by atoms with van der Waals surface area (Å²) in [5.74, 6) is -1.02. The number of benzene rings is 4. The van der Waals surface area contributed by atoms with Gasteiger partial charge in [-0.2, -0.15) is 0 Å². The Bertz CT molecular complexity index is 1530. The maximum atomic E-state index is 13.5. The van der Waals surface area contributed by atoms with Crippen LogP contribution in [0.15, 0.2) is 114 Å². The van der Waals surface area contributed by atoms with Gasteiger partial charge in [-0.3, -0.25) is 13.9 Å². The van der Waals surface area contributed by atoms with E-state index < -0.39 is 22.5 Å². The highest BCUT2D eigenvalue weighted by Gasteiger charge is 2.29. The first kappa shape index (κ1) is 26.9. The largest absolute Gasteiger partial charge is 0.345 e. The Labute approximate surface area is 227 Å². The molecule has 9 heteroatoms. The molecule has 0 saturated heterocycles. The fraction of sp³-hybridized carbons (Fsp3) is 0.103. The first-order valence-corrected chi connectivity index (χ1v) is 13.7. The molecule has 2 amide bonds. The Hall–Kier alpha value is -4.14. The average molecular weight is 548 g/mol. The van der Waals surface area contributed by atoms with Gasteiger partial charge in [0.1, 0.15) is 6.54 Å². The van der Waals surface area contributed by atoms with Crippen molar-refractivity contribution in [1.29, 1.82) is 0 Å². The van der Waals surface area contributed by atoms with Gasteiger partial charge in [-0.15, -0.1) is 0 Å². The second-order valence-corrected chi connectivity index (χ2v) is 10.7. The molecule has 0 spiro atoms. The smallest absolute Gasteiger partial charge is 0.264 e. The first-order chi connectivity index (χ1) is 18.3. The maximum Gasteiger partial charge on any atom is 0.264 e. The van der Waals surface area contributed by atoms with Crippen molar-refractivity contribution in [2.45, 2.75) is 17.9 Å². The van der Waals surface area contributed by atoms with Gasteiger partial charge < -0.3 is 10.6 Å². The van der Waals surface area contributed by atoms with Crippen LogP contribution in [0.4, 0.5) is 11.4 Å². The third-order valence-electron chi connectivity index (χ3n) is 5.83. The number of para-hydroxylation sites is 2. The number of rotatable bonds is 9. The van der Waals surface area contributed by atoms with Crippen LogP contribution in [0.5, 0.6) is 0 Å². The van der Waals surface area contributed by atoms with Crippen molar-refractivity contribution >= 4 is 44.8 Å². The number of sulfonamides is 1. The normalized spacial score (nSPS) is 11.8. The number of anilines is 2. The Kier molecular flexibility index (Phi) is 8.45. The minimum Gasteiger partial charge on any atom is -0.345 e. The zero-order valence-electron chi connectivity index (χ0n) is 20.5. The van der Waals surface area contributed by atoms with Crippen LogP contribution >= 0.6 is 11.6 Å². The predicted octanol–water partition coefficient (Wildman–Crippen LogP) is 5.67. The molecular weight excluding hydrogens is 522 g/mol. The molecule has 0 fully saturated rings. The van der Waals surface area contributed by atoms with E-state index in [4.69, 9.17) is 11.6 Å². The molecule has 0 aliphatic rings. The SMILES string of the molecule is C[C@@H](NC(=O)c1ccccc1NC(=O)CN(c1ccccc1Cl)S(=O)(=O)c1ccccc1)c1ccccc1. The summed E-state index contributed by atoms with van der Waals surface area (Å²) in [4.78, 5) is 26.3. The lowest BCUT2D eigenvalue weighted by molar-refractivity contribution is -0.114. The fourth-order valence-corrected chi connectivity index (χ4v) is 5.63. The van der Waals surface area contributed by atoms with E-state index in [0.717, 1.165) is 9.87 Å². The molecule has 4 rings (SSSR count). The third-order valence-corrected chi connectivity index (χ3v) is 7.93. The molecule has 0 heterocycles. The lowest BCUT2D eigenvalue weighted by Gasteiger charge is -2.25. The molecule has 0 aliphatic heterocycles. The lowest BCUT2D eigenvalue weighted by Crippen LogP contribution is -2.38. The van der Waals surface area contributed by atoms with E-state index >= 15 is 0 Å². The van der Waals surface area contributed by atoms with E-state index in [-0.39, 0.29) is 38.8 Å². The maximum absolute atomic E-state index is 13.5. The molecule has 0 radical (unpaired) electrons. The molecule has 0 saturated carbocycles. The number of hydrogen-bond donors (Lipinski definition) is 2. The van der Waals surface area contributed by atoms with Crippen LogP contribution in [0.3, 0.4) is 0 Å². The highest BCUT2D eigenvalue weighted by atomic mass is 35.5. The summed E-state index contributed by atoms with van der Waals surface area (Å²) in [6.07, 6.45) is 0. The average Bonchev–Trinajstić information content (AvgIpc) is 2.93. The predicted molar refractivity (Wildman–Crippen MR) is 150 cm³/mol. The van der Waals surface area contributed by atoms with E-state index in [1.54, 1.807) is 60.7 Å². The van der Waals surface area contributed by atoms with Crippen molar-refractivity contribution < 1.29 is 18.0 Å². The Balaban J connectivity index is 1.58. The van der Waals surface area contributed by atoms with Gasteiger partial charge in [0.15, 0.2) is 0 Å². The van der Waals surface area contributed by atoms with Crippen LogP contribution in [0.25, 0.3) is 0 Å². The van der Waals surface area contributed by atoms with Crippen molar-refractivity contribution in [2.75, 3.05) is 16.2 Å². The summed E-state index contributed by atoms with van der Waals surface area (Å²) >= 11 is 6.33. The number of carbonyl (C=O) groups is 2. The van der Waals surface area contributed by atoms with E-state index in [9.17, 15) is 18.0 Å². The monoisotopic (exact) mass is 547 g/mol. The van der Waals surface area contributed by atoms with E-state index in [2.05, 4.69) is 10.6 Å². The lowest BCUT2D eigenvalue weighted by atomic mass is 10.1. The van der Waals surface area contributed by atoms with Gasteiger partial charge in [0.05, 0.1) is 32.9 Å². The standard InChI is InChI=1S/C29H26ClN3O4S/c1-21(22-12-4-2-5-13-22)31-29(35)24-16-8-10-18-26(24)32-28(34)20-33(27-19-11-9-17-25(27)30)38(36,37)23-14-6-3-7-15-23/h2-19,21H,20H2,1H3,(H,31,35)(H,32,34)/t21-/m1/s1. The van der Waals surface area contributed by atoms with Crippen molar-refractivity contribution in [3.05, 3.63) is 125 Å². The molecule has 7 nitrogen and oxygen atoms in total. The van der Waals surface area contributed by atoms with Crippen LogP contribution in [0.1, 0.15) is 28.9 Å². The van der Waals surface area contributed by atoms with Crippen LogP contribution in [0.2, 0.25) is 5.02 Å². The number of nitrogens with zero attached hydrogens (tertiary/aromatic N) is 1. The molecule has 2 N–H and O–H groups in total. The van der Waals surface area contributed by atoms with Crippen LogP contribution in [-0.2, 0) is 14.8 Å². The summed E-state index contributed by atoms with van der Waals surface area (Å²) in [7, 11) is -4.13. The van der Waals surface area contributed by atoms with Gasteiger partial charge in [0.2, 0.25) is 5.91 Å². The molecule has 0 aromatic heterocycles. The summed E-state index contributed by atoms with van der Waals surface area (Å²) in [5.41, 5.74) is 1.60. The van der Waals surface area contributed by atoms with Gasteiger partial charge in [-0.25, -0.2) is 8.42 Å². The molecule has 4 aromatic carbocycles. The molecule has 0 unspecified atom stereocenters. The summed E-state index contributed by atoms with van der Waals surface area (Å²) < 4.78 is 28.0. The molecule has 38 heavy (non-hydrogen) atoms. The second-order valence-electron chi connectivity index (χ2n) is 8.48. The second kappa shape index (κ2) is 11.9. The summed E-state index contributed by atoms with van der Waals surface area (Å²) in [5, 5.41) is 5.81. The summed E-state index contributed by atoms with van der Waals surface area (Å²) in [6, 6.07) is 30.0. The van der Waals surface area contributed by atoms with Gasteiger partial charge in [0.25, 0.3) is 15.9 Å². The van der Waals surface area contributed by atoms with E-state index in [1.165, 1.54) is 18.2 Å². The quantitative estimate of drug-likeness (QED) is 0.282. The molecule has 0 aliphatic carbocycles. The Morgan fingerprint density at radius 3 is 2.08 bits per heavy atom. The molecular formula is C29H26ClN3O4S. The number of hydrogen-bond acceptors (Lipinski definition) is 4. The fourth-order valence-electron chi connectivity index (χ4n) is 3.88. The molecule has 1 atom stereocenters. The zero-order valence-corrected chi connectivity index (χ0v) is 22.1. The van der Waals surface area contributed by atoms with Crippen LogP contribution in [0, 0.1) is 0 Å². The molecule has 194 valence electrons. The van der Waals surface area contributed by atoms with E-state index in [1.807, 2.05) is 37.3 Å². The Morgan fingerprint density at radius 2 is 1.39 bits per heavy atom. The third kappa shape index (κ3) is 6.22. The minimum atomic E-state index is -4.13. The van der Waals surface area contributed by atoms with Gasteiger partial charge in [-0.05, 0) is 48.9 Å². The van der Waals surface area contributed by atoms with Crippen molar-refractivity contribution in [3.63, 3.8) is 0 Å². The van der Waals surface area contributed by atoms with Gasteiger partial charge in [-0.1, -0.05) is 84.4 Å². The number of nitrogens with one attached hydrogen (secondary N) is 2. The van der Waals surface area contributed by atoms with Crippen molar-refractivity contribution in [2.24, 2.45) is 0 Å². The molecule has 0 bridgehead atoms. The van der Waals surface area contributed by atoms with E-state index in [0.29, 0.717) is 0 Å². The van der Waals surface area contributed by atoms with Crippen LogP contribution < -0.4 is 14.9 Å². The molecule has 4 aromatic rings. The highest BCUT2D eigenvalue weighted by Crippen LogP contribution is 2.30. The number of carbonyl (C=O) groups excluding carboxylic acids is 2. The topological polar surface area (TPSA) is 95.6 Å². The van der Waals surface area contributed by atoms with Gasteiger partial charge >= 0.3 is 0 Å². The zero-order chi connectivity index (χ0) is 27.1. The Morgan fingerprint density at radius 1 is 0.816 bits per heavy atom.